The van der Waals surface area contributed by atoms with E-state index in [-0.39, 0.29) is 30.0 Å². The van der Waals surface area contributed by atoms with Crippen molar-refractivity contribution < 1.29 is 18.3 Å². The minimum atomic E-state index is -2.91. The fourth-order valence-electron chi connectivity index (χ4n) is 2.25. The van der Waals surface area contributed by atoms with E-state index >= 15 is 0 Å². The first-order valence-electron chi connectivity index (χ1n) is 5.97. The standard InChI is InChI=1S/C11H21NO4S/c1-8(2)5-10(6-11(13)14)12-9-3-4-17(15,16)7-9/h8-10,12H,3-7H2,1-2H3,(H,13,14). The molecule has 0 aliphatic carbocycles. The highest BCUT2D eigenvalue weighted by atomic mass is 32.2. The molecule has 1 heterocycles. The number of hydrogen-bond acceptors (Lipinski definition) is 4. The van der Waals surface area contributed by atoms with Crippen molar-refractivity contribution in [2.45, 2.75) is 45.2 Å². The smallest absolute Gasteiger partial charge is 0.304 e. The van der Waals surface area contributed by atoms with Crippen molar-refractivity contribution in [2.75, 3.05) is 11.5 Å². The second kappa shape index (κ2) is 5.82. The topological polar surface area (TPSA) is 83.5 Å². The largest absolute Gasteiger partial charge is 0.481 e. The maximum absolute atomic E-state index is 11.3. The van der Waals surface area contributed by atoms with E-state index in [0.29, 0.717) is 12.3 Å². The Balaban J connectivity index is 2.51. The summed E-state index contributed by atoms with van der Waals surface area (Å²) in [4.78, 5) is 10.7. The molecule has 0 aromatic rings. The number of carboxylic acids is 1. The Morgan fingerprint density at radius 2 is 2.12 bits per heavy atom. The Kier molecular flexibility index (Phi) is 4.94. The molecule has 5 nitrogen and oxygen atoms in total. The molecule has 1 aliphatic heterocycles. The van der Waals surface area contributed by atoms with Crippen molar-refractivity contribution in [1.82, 2.24) is 5.32 Å². The lowest BCUT2D eigenvalue weighted by molar-refractivity contribution is -0.137. The van der Waals surface area contributed by atoms with E-state index in [9.17, 15) is 13.2 Å². The van der Waals surface area contributed by atoms with Crippen molar-refractivity contribution in [3.05, 3.63) is 0 Å². The molecule has 100 valence electrons. The van der Waals surface area contributed by atoms with Gasteiger partial charge in [0, 0.05) is 12.1 Å². The number of carboxylic acid groups (broad SMARTS) is 1. The second-order valence-corrected chi connectivity index (χ2v) is 7.42. The minimum Gasteiger partial charge on any atom is -0.481 e. The van der Waals surface area contributed by atoms with Gasteiger partial charge in [0.1, 0.15) is 0 Å². The Morgan fingerprint density at radius 1 is 1.47 bits per heavy atom. The molecule has 0 saturated carbocycles. The summed E-state index contributed by atoms with van der Waals surface area (Å²) in [6.07, 6.45) is 1.40. The number of aliphatic carboxylic acids is 1. The molecule has 1 aliphatic rings. The number of carbonyl (C=O) groups is 1. The molecule has 0 spiro atoms. The van der Waals surface area contributed by atoms with Crippen molar-refractivity contribution in [3.8, 4) is 0 Å². The van der Waals surface area contributed by atoms with Crippen LogP contribution in [0.5, 0.6) is 0 Å². The summed E-state index contributed by atoms with van der Waals surface area (Å²) < 4.78 is 22.6. The molecular weight excluding hydrogens is 242 g/mol. The molecule has 2 atom stereocenters. The van der Waals surface area contributed by atoms with E-state index in [1.165, 1.54) is 0 Å². The Labute approximate surface area is 103 Å². The Hall–Kier alpha value is -0.620. The molecule has 2 unspecified atom stereocenters. The van der Waals surface area contributed by atoms with Crippen molar-refractivity contribution in [1.29, 1.82) is 0 Å². The Morgan fingerprint density at radius 3 is 2.53 bits per heavy atom. The van der Waals surface area contributed by atoms with Crippen LogP contribution in [0.15, 0.2) is 0 Å². The van der Waals surface area contributed by atoms with Crippen LogP contribution in [0.4, 0.5) is 0 Å². The molecule has 17 heavy (non-hydrogen) atoms. The number of hydrogen-bond donors (Lipinski definition) is 2. The molecule has 2 N–H and O–H groups in total. The summed E-state index contributed by atoms with van der Waals surface area (Å²) >= 11 is 0. The SMILES string of the molecule is CC(C)CC(CC(=O)O)NC1CCS(=O)(=O)C1. The van der Waals surface area contributed by atoms with E-state index < -0.39 is 15.8 Å². The maximum atomic E-state index is 11.3. The van der Waals surface area contributed by atoms with Gasteiger partial charge < -0.3 is 10.4 Å². The Bertz CT molecular complexity index is 364. The first-order chi connectivity index (χ1) is 7.78. The van der Waals surface area contributed by atoms with Crippen LogP contribution in [0.3, 0.4) is 0 Å². The van der Waals surface area contributed by atoms with Crippen molar-refractivity contribution in [2.24, 2.45) is 5.92 Å². The third kappa shape index (κ3) is 5.50. The average molecular weight is 263 g/mol. The van der Waals surface area contributed by atoms with Gasteiger partial charge in [-0.25, -0.2) is 8.42 Å². The van der Waals surface area contributed by atoms with Crippen LogP contribution in [0.2, 0.25) is 0 Å². The summed E-state index contributed by atoms with van der Waals surface area (Å²) in [6.45, 7) is 4.06. The fourth-order valence-corrected chi connectivity index (χ4v) is 3.94. The number of rotatable bonds is 6. The van der Waals surface area contributed by atoms with Crippen LogP contribution >= 0.6 is 0 Å². The van der Waals surface area contributed by atoms with Crippen LogP contribution in [-0.4, -0.2) is 43.1 Å². The second-order valence-electron chi connectivity index (χ2n) is 5.19. The molecule has 6 heteroatoms. The molecule has 0 radical (unpaired) electrons. The van der Waals surface area contributed by atoms with Gasteiger partial charge in [-0.1, -0.05) is 13.8 Å². The third-order valence-corrected chi connectivity index (χ3v) is 4.65. The minimum absolute atomic E-state index is 0.0503. The molecular formula is C11H21NO4S. The lowest BCUT2D eigenvalue weighted by atomic mass is 10.00. The van der Waals surface area contributed by atoms with Gasteiger partial charge in [-0.2, -0.15) is 0 Å². The van der Waals surface area contributed by atoms with E-state index in [4.69, 9.17) is 5.11 Å². The molecule has 0 aromatic heterocycles. The lowest BCUT2D eigenvalue weighted by Crippen LogP contribution is -2.41. The lowest BCUT2D eigenvalue weighted by Gasteiger charge is -2.22. The highest BCUT2D eigenvalue weighted by Crippen LogP contribution is 2.15. The van der Waals surface area contributed by atoms with Gasteiger partial charge in [-0.3, -0.25) is 4.79 Å². The van der Waals surface area contributed by atoms with E-state index in [0.717, 1.165) is 6.42 Å². The molecule has 0 bridgehead atoms. The molecule has 1 fully saturated rings. The highest BCUT2D eigenvalue weighted by Gasteiger charge is 2.29. The zero-order chi connectivity index (χ0) is 13.1. The predicted molar refractivity (Wildman–Crippen MR) is 65.7 cm³/mol. The maximum Gasteiger partial charge on any atom is 0.304 e. The van der Waals surface area contributed by atoms with Gasteiger partial charge in [0.05, 0.1) is 17.9 Å². The molecule has 1 rings (SSSR count). The first-order valence-corrected chi connectivity index (χ1v) is 7.79. The van der Waals surface area contributed by atoms with E-state index in [1.807, 2.05) is 13.8 Å². The number of nitrogens with one attached hydrogen (secondary N) is 1. The highest BCUT2D eigenvalue weighted by molar-refractivity contribution is 7.91. The van der Waals surface area contributed by atoms with Crippen LogP contribution in [0.1, 0.15) is 33.1 Å². The van der Waals surface area contributed by atoms with Gasteiger partial charge >= 0.3 is 5.97 Å². The van der Waals surface area contributed by atoms with Crippen molar-refractivity contribution in [3.63, 3.8) is 0 Å². The van der Waals surface area contributed by atoms with Crippen LogP contribution < -0.4 is 5.32 Å². The zero-order valence-electron chi connectivity index (χ0n) is 10.3. The molecule has 0 aromatic carbocycles. The predicted octanol–water partition coefficient (Wildman–Crippen LogP) is 0.653. The summed E-state index contributed by atoms with van der Waals surface area (Å²) in [6, 6.07) is -0.214. The van der Waals surface area contributed by atoms with E-state index in [1.54, 1.807) is 0 Å². The normalized spacial score (nSPS) is 25.0. The number of sulfone groups is 1. The van der Waals surface area contributed by atoms with Crippen LogP contribution in [-0.2, 0) is 14.6 Å². The zero-order valence-corrected chi connectivity index (χ0v) is 11.2. The molecule has 1 saturated heterocycles. The summed E-state index contributed by atoms with van der Waals surface area (Å²) in [5.41, 5.74) is 0. The third-order valence-electron chi connectivity index (χ3n) is 2.88. The summed E-state index contributed by atoms with van der Waals surface area (Å²) in [7, 11) is -2.91. The fraction of sp³-hybridized carbons (Fsp3) is 0.909. The summed E-state index contributed by atoms with van der Waals surface area (Å²) in [5.74, 6) is -0.0956. The van der Waals surface area contributed by atoms with Gasteiger partial charge in [0.15, 0.2) is 9.84 Å². The summed E-state index contributed by atoms with van der Waals surface area (Å²) in [5, 5.41) is 12.0. The van der Waals surface area contributed by atoms with Gasteiger partial charge in [-0.15, -0.1) is 0 Å². The van der Waals surface area contributed by atoms with Gasteiger partial charge in [0.25, 0.3) is 0 Å². The first kappa shape index (κ1) is 14.4. The van der Waals surface area contributed by atoms with Crippen molar-refractivity contribution >= 4 is 15.8 Å². The van der Waals surface area contributed by atoms with Crippen LogP contribution in [0.25, 0.3) is 0 Å². The average Bonchev–Trinajstić information content (AvgIpc) is 2.42. The van der Waals surface area contributed by atoms with Gasteiger partial charge in [0.2, 0.25) is 0 Å². The van der Waals surface area contributed by atoms with Crippen LogP contribution in [0, 0.1) is 5.92 Å². The molecule has 0 amide bonds. The quantitative estimate of drug-likeness (QED) is 0.735. The van der Waals surface area contributed by atoms with E-state index in [2.05, 4.69) is 5.32 Å². The van der Waals surface area contributed by atoms with Gasteiger partial charge in [-0.05, 0) is 18.8 Å². The monoisotopic (exact) mass is 263 g/mol.